The summed E-state index contributed by atoms with van der Waals surface area (Å²) in [6.07, 6.45) is 1.54. The minimum absolute atomic E-state index is 0.131. The van der Waals surface area contributed by atoms with Crippen molar-refractivity contribution in [3.05, 3.63) is 40.3 Å². The van der Waals surface area contributed by atoms with Crippen molar-refractivity contribution in [2.45, 2.75) is 12.2 Å². The Morgan fingerprint density at radius 2 is 2.20 bits per heavy atom. The lowest BCUT2D eigenvalue weighted by molar-refractivity contribution is 0.321. The number of nitrogens with zero attached hydrogens (tertiary/aromatic N) is 1. The fraction of sp³-hybridized carbons (Fsp3) is 0.308. The van der Waals surface area contributed by atoms with Gasteiger partial charge in [-0.15, -0.1) is 0 Å². The third-order valence-electron chi connectivity index (χ3n) is 2.75. The maximum atomic E-state index is 11.8. The molecule has 0 unspecified atom stereocenters. The number of hydrogen-bond donors (Lipinski definition) is 1. The number of hydrogen-bond acceptors (Lipinski definition) is 4. The van der Waals surface area contributed by atoms with E-state index in [1.807, 2.05) is 0 Å². The van der Waals surface area contributed by atoms with Gasteiger partial charge in [0.15, 0.2) is 5.76 Å². The molecule has 1 heterocycles. The zero-order valence-electron chi connectivity index (χ0n) is 10.7. The monoisotopic (exact) mass is 333 g/mol. The lowest BCUT2D eigenvalue weighted by Crippen LogP contribution is -2.09. The first kappa shape index (κ1) is 15.5. The number of rotatable bonds is 5. The molecule has 2 aromatic rings. The molecule has 0 bridgehead atoms. The first-order chi connectivity index (χ1) is 9.52. The lowest BCUT2D eigenvalue weighted by Gasteiger charge is -2.06. The molecule has 108 valence electrons. The molecule has 1 aromatic carbocycles. The van der Waals surface area contributed by atoms with Crippen LogP contribution in [0.15, 0.2) is 28.8 Å². The van der Waals surface area contributed by atoms with Crippen LogP contribution in [0.3, 0.4) is 0 Å². The number of aromatic nitrogens is 1. The van der Waals surface area contributed by atoms with E-state index in [2.05, 4.69) is 4.98 Å². The number of benzene rings is 1. The van der Waals surface area contributed by atoms with Gasteiger partial charge in [0, 0.05) is 27.1 Å². The third kappa shape index (κ3) is 3.41. The van der Waals surface area contributed by atoms with Crippen LogP contribution < -0.4 is 0 Å². The Hall–Kier alpha value is -0.880. The second-order valence-electron chi connectivity index (χ2n) is 4.14. The van der Waals surface area contributed by atoms with Crippen LogP contribution in [0.2, 0.25) is 10.0 Å². The number of aliphatic hydroxyl groups excluding tert-OH is 1. The fourth-order valence-electron chi connectivity index (χ4n) is 1.67. The lowest BCUT2D eigenvalue weighted by atomic mass is 10.2. The standard InChI is InChI=1S/C13H13Cl2NO3S/c1-8(20(18)5-4-17)13-16-7-12(19-13)10-3-2-9(14)6-11(10)15/h2-3,6-8,17H,4-5H2,1H3/t8-,20-/m1/s1. The van der Waals surface area contributed by atoms with Gasteiger partial charge in [-0.25, -0.2) is 4.98 Å². The van der Waals surface area contributed by atoms with Gasteiger partial charge in [-0.05, 0) is 25.1 Å². The predicted octanol–water partition coefficient (Wildman–Crippen LogP) is 3.45. The van der Waals surface area contributed by atoms with Gasteiger partial charge in [0.05, 0.1) is 17.8 Å². The van der Waals surface area contributed by atoms with Crippen LogP contribution in [0.4, 0.5) is 0 Å². The van der Waals surface area contributed by atoms with Crippen LogP contribution in [0.1, 0.15) is 18.1 Å². The van der Waals surface area contributed by atoms with Crippen molar-refractivity contribution in [2.24, 2.45) is 0 Å². The van der Waals surface area contributed by atoms with Gasteiger partial charge in [0.25, 0.3) is 0 Å². The Morgan fingerprint density at radius 1 is 1.45 bits per heavy atom. The van der Waals surface area contributed by atoms with E-state index in [0.29, 0.717) is 27.3 Å². The molecule has 0 aliphatic carbocycles. The largest absolute Gasteiger partial charge is 0.439 e. The molecule has 1 N–H and O–H groups in total. The summed E-state index contributed by atoms with van der Waals surface area (Å²) in [4.78, 5) is 4.13. The Kier molecular flexibility index (Phi) is 5.21. The molecule has 7 heteroatoms. The Labute approximate surface area is 129 Å². The van der Waals surface area contributed by atoms with E-state index >= 15 is 0 Å². The first-order valence-electron chi connectivity index (χ1n) is 5.92. The zero-order chi connectivity index (χ0) is 14.7. The molecule has 0 radical (unpaired) electrons. The number of aliphatic hydroxyl groups is 1. The van der Waals surface area contributed by atoms with E-state index in [9.17, 15) is 4.21 Å². The van der Waals surface area contributed by atoms with Gasteiger partial charge >= 0.3 is 0 Å². The highest BCUT2D eigenvalue weighted by Gasteiger charge is 2.19. The molecular formula is C13H13Cl2NO3S. The van der Waals surface area contributed by atoms with Gasteiger partial charge < -0.3 is 9.52 Å². The topological polar surface area (TPSA) is 63.3 Å². The summed E-state index contributed by atoms with van der Waals surface area (Å²) in [7, 11) is -1.23. The van der Waals surface area contributed by atoms with Crippen molar-refractivity contribution in [2.75, 3.05) is 12.4 Å². The minimum Gasteiger partial charge on any atom is -0.439 e. The van der Waals surface area contributed by atoms with Gasteiger partial charge in [0.2, 0.25) is 5.89 Å². The highest BCUT2D eigenvalue weighted by molar-refractivity contribution is 7.85. The van der Waals surface area contributed by atoms with Crippen molar-refractivity contribution >= 4 is 34.0 Å². The van der Waals surface area contributed by atoms with Crippen LogP contribution in [0.25, 0.3) is 11.3 Å². The normalized spacial score (nSPS) is 14.2. The third-order valence-corrected chi connectivity index (χ3v) is 4.88. The molecule has 20 heavy (non-hydrogen) atoms. The molecule has 2 atom stereocenters. The quantitative estimate of drug-likeness (QED) is 0.910. The number of oxazole rings is 1. The van der Waals surface area contributed by atoms with Gasteiger partial charge in [-0.1, -0.05) is 23.2 Å². The molecule has 0 saturated carbocycles. The molecule has 1 aromatic heterocycles. The fourth-order valence-corrected chi connectivity index (χ4v) is 3.04. The number of halogens is 2. The van der Waals surface area contributed by atoms with Crippen LogP contribution in [-0.2, 0) is 10.8 Å². The van der Waals surface area contributed by atoms with E-state index < -0.39 is 10.8 Å². The Bertz CT molecular complexity index is 630. The average molecular weight is 334 g/mol. The maximum Gasteiger partial charge on any atom is 0.210 e. The molecule has 0 amide bonds. The van der Waals surface area contributed by atoms with Crippen molar-refractivity contribution < 1.29 is 13.7 Å². The molecule has 4 nitrogen and oxygen atoms in total. The van der Waals surface area contributed by atoms with Gasteiger partial charge in [0.1, 0.15) is 5.25 Å². The second kappa shape index (κ2) is 6.72. The molecule has 0 aliphatic rings. The summed E-state index contributed by atoms with van der Waals surface area (Å²) in [5.74, 6) is 1.05. The van der Waals surface area contributed by atoms with Gasteiger partial charge in [-0.2, -0.15) is 0 Å². The average Bonchev–Trinajstić information content (AvgIpc) is 2.87. The van der Waals surface area contributed by atoms with E-state index in [-0.39, 0.29) is 17.6 Å². The Morgan fingerprint density at radius 3 is 2.85 bits per heavy atom. The van der Waals surface area contributed by atoms with Crippen molar-refractivity contribution in [1.29, 1.82) is 0 Å². The summed E-state index contributed by atoms with van der Waals surface area (Å²) in [6.45, 7) is 1.61. The van der Waals surface area contributed by atoms with Crippen molar-refractivity contribution in [3.8, 4) is 11.3 Å². The summed E-state index contributed by atoms with van der Waals surface area (Å²) in [5.41, 5.74) is 0.676. The second-order valence-corrected chi connectivity index (χ2v) is 6.86. The SMILES string of the molecule is C[C@H](c1ncc(-c2ccc(Cl)cc2Cl)o1)[S@](=O)CCO. The molecule has 0 spiro atoms. The summed E-state index contributed by atoms with van der Waals surface area (Å²) >= 11 is 11.9. The summed E-state index contributed by atoms with van der Waals surface area (Å²) in [6, 6.07) is 5.07. The van der Waals surface area contributed by atoms with Crippen molar-refractivity contribution in [3.63, 3.8) is 0 Å². The zero-order valence-corrected chi connectivity index (χ0v) is 13.0. The maximum absolute atomic E-state index is 11.8. The minimum atomic E-state index is -1.23. The van der Waals surface area contributed by atoms with E-state index in [1.54, 1.807) is 25.1 Å². The van der Waals surface area contributed by atoms with E-state index in [4.69, 9.17) is 32.7 Å². The van der Waals surface area contributed by atoms with E-state index in [1.165, 1.54) is 6.20 Å². The highest BCUT2D eigenvalue weighted by atomic mass is 35.5. The predicted molar refractivity (Wildman–Crippen MR) is 80.5 cm³/mol. The summed E-state index contributed by atoms with van der Waals surface area (Å²) < 4.78 is 17.4. The smallest absolute Gasteiger partial charge is 0.210 e. The first-order valence-corrected chi connectivity index (χ1v) is 8.06. The van der Waals surface area contributed by atoms with Crippen LogP contribution in [0, 0.1) is 0 Å². The molecule has 0 aliphatic heterocycles. The van der Waals surface area contributed by atoms with Gasteiger partial charge in [-0.3, -0.25) is 4.21 Å². The van der Waals surface area contributed by atoms with Crippen LogP contribution >= 0.6 is 23.2 Å². The molecule has 2 rings (SSSR count). The summed E-state index contributed by atoms with van der Waals surface area (Å²) in [5, 5.41) is 9.42. The van der Waals surface area contributed by atoms with Crippen LogP contribution in [0.5, 0.6) is 0 Å². The molecule has 0 saturated heterocycles. The molecule has 0 fully saturated rings. The molecular weight excluding hydrogens is 321 g/mol. The van der Waals surface area contributed by atoms with Crippen LogP contribution in [-0.4, -0.2) is 26.7 Å². The highest BCUT2D eigenvalue weighted by Crippen LogP contribution is 2.32. The van der Waals surface area contributed by atoms with E-state index in [0.717, 1.165) is 0 Å². The van der Waals surface area contributed by atoms with Crippen molar-refractivity contribution in [1.82, 2.24) is 4.98 Å². The Balaban J connectivity index is 2.26.